The van der Waals surface area contributed by atoms with Crippen molar-refractivity contribution >= 4 is 29.6 Å². The average molecular weight is 1410 g/mol. The molecule has 0 spiro atoms. The molecule has 0 bridgehead atoms. The highest BCUT2D eigenvalue weighted by atomic mass is 16.8. The van der Waals surface area contributed by atoms with Gasteiger partial charge >= 0.3 is 5.97 Å². The number of amides is 4. The number of carbonyl (C=O) groups is 5. The van der Waals surface area contributed by atoms with Gasteiger partial charge in [-0.25, -0.2) is 4.79 Å². The van der Waals surface area contributed by atoms with Crippen LogP contribution in [-0.2, 0) is 80.8 Å². The van der Waals surface area contributed by atoms with E-state index >= 15 is 0 Å². The molecule has 35 atom stereocenters. The van der Waals surface area contributed by atoms with Crippen LogP contribution in [0, 0.1) is 0 Å². The van der Waals surface area contributed by atoms with Crippen molar-refractivity contribution in [3.05, 3.63) is 0 Å². The molecule has 96 heavy (non-hydrogen) atoms. The van der Waals surface area contributed by atoms with Gasteiger partial charge < -0.3 is 190 Å². The van der Waals surface area contributed by atoms with Crippen LogP contribution in [0.15, 0.2) is 0 Å². The zero-order valence-electron chi connectivity index (χ0n) is 51.8. The van der Waals surface area contributed by atoms with E-state index in [9.17, 15) is 136 Å². The lowest BCUT2D eigenvalue weighted by Gasteiger charge is -2.51. The highest BCUT2D eigenvalue weighted by Crippen LogP contribution is 2.40. The summed E-state index contributed by atoms with van der Waals surface area (Å²) >= 11 is 0. The van der Waals surface area contributed by atoms with Crippen molar-refractivity contribution in [3.8, 4) is 0 Å². The molecule has 0 aromatic carbocycles. The van der Waals surface area contributed by atoms with Crippen molar-refractivity contribution < 1.29 is 193 Å². The Morgan fingerprint density at radius 2 is 0.854 bits per heavy atom. The van der Waals surface area contributed by atoms with Crippen molar-refractivity contribution in [2.45, 2.75) is 248 Å². The minimum atomic E-state index is -3.24. The number of aliphatic hydroxyl groups excluding tert-OH is 21. The van der Waals surface area contributed by atoms with Crippen molar-refractivity contribution in [1.82, 2.24) is 21.3 Å². The van der Waals surface area contributed by atoms with Gasteiger partial charge in [-0.15, -0.1) is 0 Å². The van der Waals surface area contributed by atoms with Gasteiger partial charge in [-0.1, -0.05) is 0 Å². The molecule has 26 N–H and O–H groups in total. The molecule has 6 rings (SSSR count). The molecular formula is C53H90N4O39. The van der Waals surface area contributed by atoms with Gasteiger partial charge in [0.2, 0.25) is 23.6 Å². The van der Waals surface area contributed by atoms with E-state index in [4.69, 9.17) is 56.8 Å². The molecule has 43 heteroatoms. The smallest absolute Gasteiger partial charge is 0.364 e. The van der Waals surface area contributed by atoms with Crippen molar-refractivity contribution in [2.24, 2.45) is 0 Å². The van der Waals surface area contributed by atoms with Gasteiger partial charge in [0.1, 0.15) is 165 Å². The second-order valence-corrected chi connectivity index (χ2v) is 23.7. The number of carbonyl (C=O) groups excluding carboxylic acids is 4. The summed E-state index contributed by atoms with van der Waals surface area (Å²) in [6.45, 7) is -5.21. The Hall–Kier alpha value is -3.97. The molecule has 0 aliphatic carbocycles. The molecule has 43 nitrogen and oxygen atoms in total. The highest BCUT2D eigenvalue weighted by Gasteiger charge is 2.62. The molecule has 6 aliphatic rings. The molecule has 556 valence electrons. The number of hydrogen-bond donors (Lipinski definition) is 26. The fourth-order valence-electron chi connectivity index (χ4n) is 11.8. The van der Waals surface area contributed by atoms with Crippen LogP contribution in [0.3, 0.4) is 0 Å². The lowest BCUT2D eigenvalue weighted by atomic mass is 9.88. The quantitative estimate of drug-likeness (QED) is 0.0318. The van der Waals surface area contributed by atoms with Gasteiger partial charge in [0.15, 0.2) is 31.5 Å². The van der Waals surface area contributed by atoms with Crippen LogP contribution in [0.4, 0.5) is 0 Å². The zero-order chi connectivity index (χ0) is 71.7. The number of rotatable bonds is 30. The maximum Gasteiger partial charge on any atom is 0.364 e. The second-order valence-electron chi connectivity index (χ2n) is 23.7. The molecule has 6 fully saturated rings. The summed E-state index contributed by atoms with van der Waals surface area (Å²) in [6.07, 6.45) is -64.5. The van der Waals surface area contributed by atoms with Gasteiger partial charge in [0.05, 0.1) is 65.0 Å². The summed E-state index contributed by atoms with van der Waals surface area (Å²) in [6, 6.07) is -7.15. The van der Waals surface area contributed by atoms with Gasteiger partial charge in [-0.3, -0.25) is 19.2 Å². The number of ether oxygens (including phenoxy) is 12. The molecule has 6 aliphatic heterocycles. The summed E-state index contributed by atoms with van der Waals surface area (Å²) in [5, 5.41) is 248. The van der Waals surface area contributed by atoms with E-state index in [0.717, 1.165) is 27.7 Å². The minimum absolute atomic E-state index is 0.790. The third kappa shape index (κ3) is 18.6. The molecule has 6 saturated heterocycles. The van der Waals surface area contributed by atoms with Gasteiger partial charge in [0, 0.05) is 34.1 Å². The summed E-state index contributed by atoms with van der Waals surface area (Å²) in [5.74, 6) is -8.88. The van der Waals surface area contributed by atoms with E-state index in [-0.39, 0.29) is 0 Å². The molecular weight excluding hydrogens is 1320 g/mol. The van der Waals surface area contributed by atoms with Crippen molar-refractivity contribution in [3.63, 3.8) is 0 Å². The molecule has 0 aromatic heterocycles. The van der Waals surface area contributed by atoms with Crippen LogP contribution < -0.4 is 21.3 Å². The monoisotopic (exact) mass is 1410 g/mol. The Balaban J connectivity index is 1.30. The summed E-state index contributed by atoms with van der Waals surface area (Å²) in [5.41, 5.74) is 0. The topological polar surface area (TPSA) is 689 Å². The fourth-order valence-corrected chi connectivity index (χ4v) is 11.8. The normalized spacial score (nSPS) is 42.6. The second kappa shape index (κ2) is 35.6. The van der Waals surface area contributed by atoms with Crippen LogP contribution in [0.2, 0.25) is 0 Å². The standard InChI is InChI=1S/C53H90N4O39/c1-14(65)54-27-18(69)5-53(52(83)84,95-44(27)32(74)20(71)7-59)96-46-34(76)23(10-62)87-51(40(46)82)93-43-24(11-63)88-47(29(37(43)79)56-16(3)67)85-13-26-35(77)45(39(81)50(90-26)91-41(21(72)8-60)31(73)19(70)6-58)94-49-30(57-17(4)68)38(80)42(25(12-64)89-49)92-48-28(55-15(2)66)36(78)33(75)22(9-61)86-48/h18-51,58-64,69-82H,5-13H2,1-4H3,(H,54,65)(H,55,66)(H,56,67)(H,57,68)(H,83,84)/t18-,19-,20+,21+,22+,23+,24+,25+,26+,27+,28+,29+,30+,31+,32+,33-,34-,35-,36+,37+,38+,39+,40+,41+,42+,43+,44+,45-,46-,47+,48-,49-,50-,51-,53-/m0/s1. The third-order valence-corrected chi connectivity index (χ3v) is 16.7. The predicted molar refractivity (Wildman–Crippen MR) is 298 cm³/mol. The first kappa shape index (κ1) is 81.0. The highest BCUT2D eigenvalue weighted by molar-refractivity contribution is 5.77. The van der Waals surface area contributed by atoms with Gasteiger partial charge in [-0.2, -0.15) is 0 Å². The maximum absolute atomic E-state index is 13.1. The Morgan fingerprint density at radius 3 is 1.34 bits per heavy atom. The Morgan fingerprint density at radius 1 is 0.448 bits per heavy atom. The van der Waals surface area contributed by atoms with E-state index in [1.54, 1.807) is 0 Å². The van der Waals surface area contributed by atoms with Gasteiger partial charge in [0.25, 0.3) is 5.79 Å². The summed E-state index contributed by atoms with van der Waals surface area (Å²) in [7, 11) is 0. The Labute approximate surface area is 544 Å². The third-order valence-electron chi connectivity index (χ3n) is 16.7. The van der Waals surface area contributed by atoms with E-state index in [2.05, 4.69) is 21.3 Å². The molecule has 0 unspecified atom stereocenters. The molecule has 0 radical (unpaired) electrons. The number of nitrogens with one attached hydrogen (secondary N) is 4. The Kier molecular flexibility index (Phi) is 30.0. The lowest BCUT2D eigenvalue weighted by molar-refractivity contribution is -0.385. The van der Waals surface area contributed by atoms with E-state index in [1.165, 1.54) is 0 Å². The minimum Gasteiger partial charge on any atom is -0.477 e. The molecule has 6 heterocycles. The average Bonchev–Trinajstić information content (AvgIpc) is 0.753. The van der Waals surface area contributed by atoms with Crippen LogP contribution in [0.5, 0.6) is 0 Å². The number of aliphatic carboxylic acids is 1. The first-order chi connectivity index (χ1) is 45.2. The Bertz CT molecular complexity index is 2490. The largest absolute Gasteiger partial charge is 0.477 e. The number of carboxylic acid groups (broad SMARTS) is 1. The van der Waals surface area contributed by atoms with E-state index in [0.29, 0.717) is 0 Å². The number of carboxylic acids is 1. The van der Waals surface area contributed by atoms with Crippen LogP contribution >= 0.6 is 0 Å². The summed E-state index contributed by atoms with van der Waals surface area (Å²) < 4.78 is 70.0. The number of aliphatic hydroxyl groups is 21. The number of hydrogen-bond acceptors (Lipinski definition) is 38. The molecule has 0 saturated carbocycles. The molecule has 4 amide bonds. The van der Waals surface area contributed by atoms with Gasteiger partial charge in [-0.05, 0) is 0 Å². The summed E-state index contributed by atoms with van der Waals surface area (Å²) in [4.78, 5) is 63.1. The van der Waals surface area contributed by atoms with E-state index in [1.807, 2.05) is 0 Å². The van der Waals surface area contributed by atoms with Crippen molar-refractivity contribution in [2.75, 3.05) is 52.9 Å². The zero-order valence-corrected chi connectivity index (χ0v) is 51.8. The first-order valence-electron chi connectivity index (χ1n) is 30.2. The predicted octanol–water partition coefficient (Wildman–Crippen LogP) is -16.9. The molecule has 0 aromatic rings. The maximum atomic E-state index is 13.1. The first-order valence-corrected chi connectivity index (χ1v) is 30.2. The fraction of sp³-hybridized carbons (Fsp3) is 0.906. The van der Waals surface area contributed by atoms with Crippen LogP contribution in [0.25, 0.3) is 0 Å². The van der Waals surface area contributed by atoms with Crippen molar-refractivity contribution in [1.29, 1.82) is 0 Å². The lowest BCUT2D eigenvalue weighted by Crippen LogP contribution is -2.71. The van der Waals surface area contributed by atoms with E-state index < -0.39 is 303 Å². The SMILES string of the molecule is CC(=O)N[C@H]1[C@H](OC[C@H]2O[C@@H](O[C@@H]([C@H](O)[C@@H](O)CO)[C@H](O)CO)[C@H](O)[C@@H](O[C@@H]3O[C@H](CO)[C@@H](O[C@@H]4O[C@H](CO)[C@H](O)[C@H](O)[C@H]4NC(C)=O)[C@H](O)[C@H]3NC(C)=O)[C@H]2O)O[C@H](CO)[C@@H](O[C@@H]2O[C@H](CO)[C@H](O)[C@H](O[C@]3(C(=O)O)C[C@H](O)[C@@H](NC(C)=O)[C@H]([C@H](O)[C@H](O)CO)O3)[C@H]2O)[C@@H]1O. The van der Waals surface area contributed by atoms with Crippen LogP contribution in [0.1, 0.15) is 34.1 Å². The van der Waals surface area contributed by atoms with Crippen LogP contribution in [-0.4, -0.2) is 409 Å².